The van der Waals surface area contributed by atoms with E-state index in [0.717, 1.165) is 5.56 Å². The molecular weight excluding hydrogens is 405 g/mol. The van der Waals surface area contributed by atoms with Gasteiger partial charge in [0.15, 0.2) is 5.69 Å². The van der Waals surface area contributed by atoms with Crippen molar-refractivity contribution in [2.45, 2.75) is 64.6 Å². The summed E-state index contributed by atoms with van der Waals surface area (Å²) in [5, 5.41) is 37.9. The summed E-state index contributed by atoms with van der Waals surface area (Å²) in [7, 11) is 0. The van der Waals surface area contributed by atoms with Crippen molar-refractivity contribution in [3.63, 3.8) is 0 Å². The lowest BCUT2D eigenvalue weighted by Crippen LogP contribution is -2.29. The van der Waals surface area contributed by atoms with Gasteiger partial charge in [0.2, 0.25) is 0 Å². The number of aliphatic hydroxyl groups is 2. The molecular formula is C22H29FN3O5-. The van der Waals surface area contributed by atoms with Crippen LogP contribution in [0.5, 0.6) is 0 Å². The van der Waals surface area contributed by atoms with E-state index in [1.165, 1.54) is 12.1 Å². The highest BCUT2D eigenvalue weighted by Crippen LogP contribution is 2.28. The van der Waals surface area contributed by atoms with Gasteiger partial charge in [-0.15, -0.1) is 0 Å². The van der Waals surface area contributed by atoms with Crippen LogP contribution in [0.15, 0.2) is 24.3 Å². The van der Waals surface area contributed by atoms with Crippen molar-refractivity contribution in [3.8, 4) is 5.69 Å². The molecule has 0 spiro atoms. The molecule has 0 fully saturated rings. The number of aliphatic carboxylic acids is 1. The maximum Gasteiger partial charge on any atom is 0.272 e. The Morgan fingerprint density at radius 2 is 1.84 bits per heavy atom. The lowest BCUT2D eigenvalue weighted by Gasteiger charge is -2.17. The number of hydrogen-bond donors (Lipinski definition) is 3. The highest BCUT2D eigenvalue weighted by molar-refractivity contribution is 5.94. The molecule has 2 aromatic rings. The number of aliphatic hydroxyl groups excluding tert-OH is 2. The second kappa shape index (κ2) is 11.0. The maximum atomic E-state index is 13.4. The number of amides is 1. The molecule has 9 heteroatoms. The molecule has 0 bridgehead atoms. The molecule has 170 valence electrons. The van der Waals surface area contributed by atoms with E-state index in [-0.39, 0.29) is 30.4 Å². The predicted molar refractivity (Wildman–Crippen MR) is 110 cm³/mol. The van der Waals surface area contributed by atoms with Crippen molar-refractivity contribution >= 4 is 11.9 Å². The summed E-state index contributed by atoms with van der Waals surface area (Å²) in [6, 6.07) is 5.70. The normalized spacial score (nSPS) is 13.3. The standard InChI is InChI=1S/C22H30FN3O5/c1-4-24-22(31)21-20(13(2)3)18(10-9-16(27)11-17(28)12-19(29)30)26(25-21)15-7-5-14(23)6-8-15/h5-8,13,16-17,27-28H,4,9-12H2,1-3H3,(H,24,31)(H,29,30)/p-1/t16-,17-/m1/s1. The highest BCUT2D eigenvalue weighted by Gasteiger charge is 2.26. The third-order valence-corrected chi connectivity index (χ3v) is 4.88. The average molecular weight is 434 g/mol. The summed E-state index contributed by atoms with van der Waals surface area (Å²) < 4.78 is 15.0. The van der Waals surface area contributed by atoms with Crippen molar-refractivity contribution in [3.05, 3.63) is 47.0 Å². The zero-order chi connectivity index (χ0) is 23.1. The van der Waals surface area contributed by atoms with Crippen LogP contribution in [-0.4, -0.2) is 50.6 Å². The molecule has 1 aromatic carbocycles. The van der Waals surface area contributed by atoms with Crippen molar-refractivity contribution in [1.29, 1.82) is 0 Å². The number of carboxylic acids is 1. The van der Waals surface area contributed by atoms with E-state index in [4.69, 9.17) is 0 Å². The van der Waals surface area contributed by atoms with Crippen LogP contribution >= 0.6 is 0 Å². The number of carboxylic acid groups (broad SMARTS) is 1. The number of halogens is 1. The lowest BCUT2D eigenvalue weighted by molar-refractivity contribution is -0.307. The lowest BCUT2D eigenvalue weighted by atomic mass is 9.95. The first kappa shape index (κ1) is 24.5. The molecule has 0 saturated carbocycles. The molecule has 0 unspecified atom stereocenters. The zero-order valence-corrected chi connectivity index (χ0v) is 18.0. The van der Waals surface area contributed by atoms with E-state index in [1.807, 2.05) is 13.8 Å². The van der Waals surface area contributed by atoms with Crippen LogP contribution in [0, 0.1) is 5.82 Å². The second-order valence-corrected chi connectivity index (χ2v) is 7.77. The number of benzene rings is 1. The van der Waals surface area contributed by atoms with Crippen molar-refractivity contribution in [1.82, 2.24) is 15.1 Å². The van der Waals surface area contributed by atoms with Crippen LogP contribution < -0.4 is 10.4 Å². The number of carbonyl (C=O) groups is 2. The largest absolute Gasteiger partial charge is 0.550 e. The van der Waals surface area contributed by atoms with Gasteiger partial charge in [-0.25, -0.2) is 9.07 Å². The van der Waals surface area contributed by atoms with Gasteiger partial charge in [-0.1, -0.05) is 13.8 Å². The molecule has 0 aliphatic carbocycles. The van der Waals surface area contributed by atoms with E-state index < -0.39 is 30.4 Å². The minimum Gasteiger partial charge on any atom is -0.550 e. The SMILES string of the molecule is CCNC(=O)c1nn(-c2ccc(F)cc2)c(CC[C@@H](O)C[C@@H](O)CC(=O)[O-])c1C(C)C. The van der Waals surface area contributed by atoms with Gasteiger partial charge in [0.05, 0.1) is 17.9 Å². The first-order chi connectivity index (χ1) is 14.6. The smallest absolute Gasteiger partial charge is 0.272 e. The van der Waals surface area contributed by atoms with E-state index in [9.17, 15) is 29.3 Å². The van der Waals surface area contributed by atoms with Crippen molar-refractivity contribution < 1.29 is 29.3 Å². The second-order valence-electron chi connectivity index (χ2n) is 7.77. The third-order valence-electron chi connectivity index (χ3n) is 4.88. The molecule has 1 heterocycles. The summed E-state index contributed by atoms with van der Waals surface area (Å²) in [6.07, 6.45) is -2.30. The molecule has 2 rings (SSSR count). The Kier molecular flexibility index (Phi) is 8.70. The molecule has 2 atom stereocenters. The van der Waals surface area contributed by atoms with E-state index in [2.05, 4.69) is 10.4 Å². The number of nitrogens with one attached hydrogen (secondary N) is 1. The van der Waals surface area contributed by atoms with Crippen LogP contribution in [0.1, 0.15) is 67.7 Å². The highest BCUT2D eigenvalue weighted by atomic mass is 19.1. The molecule has 0 aliphatic heterocycles. The minimum absolute atomic E-state index is 0.0531. The summed E-state index contributed by atoms with van der Waals surface area (Å²) in [5.74, 6) is -2.16. The molecule has 0 radical (unpaired) electrons. The van der Waals surface area contributed by atoms with Crippen LogP contribution in [0.2, 0.25) is 0 Å². The van der Waals surface area contributed by atoms with Gasteiger partial charge in [0.25, 0.3) is 5.91 Å². The molecule has 1 amide bonds. The molecule has 3 N–H and O–H groups in total. The average Bonchev–Trinajstić information content (AvgIpc) is 3.06. The summed E-state index contributed by atoms with van der Waals surface area (Å²) >= 11 is 0. The number of rotatable bonds is 11. The third kappa shape index (κ3) is 6.60. The van der Waals surface area contributed by atoms with Gasteiger partial charge in [0, 0.05) is 30.2 Å². The number of nitrogens with zero attached hydrogens (tertiary/aromatic N) is 2. The number of hydrogen-bond acceptors (Lipinski definition) is 6. The Hall–Kier alpha value is -2.78. The zero-order valence-electron chi connectivity index (χ0n) is 18.0. The Balaban J connectivity index is 2.38. The van der Waals surface area contributed by atoms with Gasteiger partial charge in [-0.05, 0) is 56.4 Å². The van der Waals surface area contributed by atoms with Gasteiger partial charge < -0.3 is 25.4 Å². The molecule has 0 aliphatic rings. The summed E-state index contributed by atoms with van der Waals surface area (Å²) in [6.45, 7) is 6.10. The number of aromatic nitrogens is 2. The first-order valence-corrected chi connectivity index (χ1v) is 10.4. The Bertz CT molecular complexity index is 895. The first-order valence-electron chi connectivity index (χ1n) is 10.4. The quantitative estimate of drug-likeness (QED) is 0.485. The van der Waals surface area contributed by atoms with Crippen molar-refractivity contribution in [2.24, 2.45) is 0 Å². The topological polar surface area (TPSA) is 128 Å². The van der Waals surface area contributed by atoms with Crippen LogP contribution in [0.25, 0.3) is 5.69 Å². The Morgan fingerprint density at radius 3 is 2.39 bits per heavy atom. The van der Waals surface area contributed by atoms with Gasteiger partial charge in [0.1, 0.15) is 5.82 Å². The molecule has 1 aromatic heterocycles. The minimum atomic E-state index is -1.39. The summed E-state index contributed by atoms with van der Waals surface area (Å²) in [4.78, 5) is 23.2. The predicted octanol–water partition coefficient (Wildman–Crippen LogP) is 1.07. The monoisotopic (exact) mass is 434 g/mol. The fourth-order valence-corrected chi connectivity index (χ4v) is 3.53. The van der Waals surface area contributed by atoms with E-state index in [0.29, 0.717) is 24.3 Å². The maximum absolute atomic E-state index is 13.4. The Morgan fingerprint density at radius 1 is 1.19 bits per heavy atom. The molecule has 8 nitrogen and oxygen atoms in total. The fourth-order valence-electron chi connectivity index (χ4n) is 3.53. The van der Waals surface area contributed by atoms with Gasteiger partial charge in [-0.3, -0.25) is 4.79 Å². The van der Waals surface area contributed by atoms with Crippen LogP contribution in [0.4, 0.5) is 4.39 Å². The Labute approximate surface area is 180 Å². The summed E-state index contributed by atoms with van der Waals surface area (Å²) in [5.41, 5.74) is 2.25. The fraction of sp³-hybridized carbons (Fsp3) is 0.500. The van der Waals surface area contributed by atoms with Gasteiger partial charge >= 0.3 is 0 Å². The van der Waals surface area contributed by atoms with Crippen LogP contribution in [0.3, 0.4) is 0 Å². The van der Waals surface area contributed by atoms with Gasteiger partial charge in [-0.2, -0.15) is 5.10 Å². The van der Waals surface area contributed by atoms with E-state index >= 15 is 0 Å². The molecule has 0 saturated heterocycles. The van der Waals surface area contributed by atoms with Crippen LogP contribution in [-0.2, 0) is 11.2 Å². The van der Waals surface area contributed by atoms with E-state index in [1.54, 1.807) is 23.7 Å². The molecule has 31 heavy (non-hydrogen) atoms. The number of carbonyl (C=O) groups excluding carboxylic acids is 2. The van der Waals surface area contributed by atoms with Crippen molar-refractivity contribution in [2.75, 3.05) is 6.54 Å².